The molecule has 0 spiro atoms. The molecule has 1 nitrogen and oxygen atoms in total. The quantitative estimate of drug-likeness (QED) is 0.476. The SMILES string of the molecule is CC#CC(C)CN. The first-order valence-corrected chi connectivity index (χ1v) is 2.43. The van der Waals surface area contributed by atoms with Crippen LogP contribution in [0.5, 0.6) is 0 Å². The van der Waals surface area contributed by atoms with Gasteiger partial charge in [0.15, 0.2) is 0 Å². The summed E-state index contributed by atoms with van der Waals surface area (Å²) in [7, 11) is 0. The van der Waals surface area contributed by atoms with E-state index in [2.05, 4.69) is 11.8 Å². The van der Waals surface area contributed by atoms with Gasteiger partial charge in [0.05, 0.1) is 0 Å². The summed E-state index contributed by atoms with van der Waals surface area (Å²) in [6.07, 6.45) is 0. The molecule has 0 aliphatic heterocycles. The van der Waals surface area contributed by atoms with Crippen LogP contribution in [-0.2, 0) is 0 Å². The molecule has 0 saturated heterocycles. The highest BCUT2D eigenvalue weighted by molar-refractivity contribution is 4.99. The Labute approximate surface area is 44.9 Å². The zero-order valence-electron chi connectivity index (χ0n) is 4.86. The van der Waals surface area contributed by atoms with Gasteiger partial charge in [-0.2, -0.15) is 0 Å². The lowest BCUT2D eigenvalue weighted by Crippen LogP contribution is -2.07. The zero-order chi connectivity index (χ0) is 5.70. The fourth-order valence-corrected chi connectivity index (χ4v) is 0.305. The second-order valence-corrected chi connectivity index (χ2v) is 1.53. The second kappa shape index (κ2) is 3.70. The van der Waals surface area contributed by atoms with E-state index >= 15 is 0 Å². The Morgan fingerprint density at radius 3 is 2.43 bits per heavy atom. The molecule has 1 heteroatoms. The van der Waals surface area contributed by atoms with Crippen molar-refractivity contribution in [1.29, 1.82) is 0 Å². The summed E-state index contributed by atoms with van der Waals surface area (Å²) in [5.41, 5.74) is 5.26. The van der Waals surface area contributed by atoms with Crippen molar-refractivity contribution in [3.05, 3.63) is 0 Å². The molecule has 0 aliphatic rings. The fourth-order valence-electron chi connectivity index (χ4n) is 0.305. The Morgan fingerprint density at radius 2 is 2.29 bits per heavy atom. The van der Waals surface area contributed by atoms with Crippen LogP contribution in [0.1, 0.15) is 13.8 Å². The van der Waals surface area contributed by atoms with E-state index in [-0.39, 0.29) is 0 Å². The zero-order valence-corrected chi connectivity index (χ0v) is 4.86. The molecule has 1 unspecified atom stereocenters. The van der Waals surface area contributed by atoms with E-state index in [0.29, 0.717) is 12.5 Å². The molecule has 40 valence electrons. The highest BCUT2D eigenvalue weighted by Crippen LogP contribution is 1.83. The highest BCUT2D eigenvalue weighted by Gasteiger charge is 1.86. The van der Waals surface area contributed by atoms with Gasteiger partial charge in [-0.3, -0.25) is 0 Å². The van der Waals surface area contributed by atoms with Crippen molar-refractivity contribution in [3.8, 4) is 11.8 Å². The van der Waals surface area contributed by atoms with Crippen LogP contribution in [0.25, 0.3) is 0 Å². The van der Waals surface area contributed by atoms with Gasteiger partial charge in [0, 0.05) is 12.5 Å². The average Bonchev–Trinajstić information content (AvgIpc) is 1.68. The van der Waals surface area contributed by atoms with Crippen LogP contribution in [-0.4, -0.2) is 6.54 Å². The molecule has 0 aliphatic carbocycles. The Balaban J connectivity index is 3.29. The molecule has 0 radical (unpaired) electrons. The molecule has 0 aromatic carbocycles. The molecule has 0 rings (SSSR count). The second-order valence-electron chi connectivity index (χ2n) is 1.53. The van der Waals surface area contributed by atoms with E-state index in [1.54, 1.807) is 0 Å². The van der Waals surface area contributed by atoms with E-state index < -0.39 is 0 Å². The molecular formula is C6H11N. The molecule has 0 aromatic heterocycles. The van der Waals surface area contributed by atoms with E-state index in [9.17, 15) is 0 Å². The Morgan fingerprint density at radius 1 is 1.71 bits per heavy atom. The molecule has 2 N–H and O–H groups in total. The van der Waals surface area contributed by atoms with Crippen molar-refractivity contribution in [1.82, 2.24) is 0 Å². The van der Waals surface area contributed by atoms with Crippen LogP contribution in [0.2, 0.25) is 0 Å². The summed E-state index contributed by atoms with van der Waals surface area (Å²) in [6.45, 7) is 4.50. The van der Waals surface area contributed by atoms with Crippen LogP contribution < -0.4 is 5.73 Å². The van der Waals surface area contributed by atoms with Gasteiger partial charge < -0.3 is 5.73 Å². The Hall–Kier alpha value is -0.480. The van der Waals surface area contributed by atoms with Gasteiger partial charge in [0.25, 0.3) is 0 Å². The fraction of sp³-hybridized carbons (Fsp3) is 0.667. The van der Waals surface area contributed by atoms with E-state index in [0.717, 1.165) is 0 Å². The molecule has 1 atom stereocenters. The summed E-state index contributed by atoms with van der Waals surface area (Å²) in [5.74, 6) is 6.07. The molecule has 0 saturated carbocycles. The standard InChI is InChI=1S/C6H11N/c1-3-4-6(2)5-7/h6H,5,7H2,1-2H3. The third-order valence-electron chi connectivity index (χ3n) is 0.744. The summed E-state index contributed by atoms with van der Waals surface area (Å²) in [5, 5.41) is 0. The lowest BCUT2D eigenvalue weighted by Gasteiger charge is -1.92. The molecule has 0 fully saturated rings. The monoisotopic (exact) mass is 97.1 g/mol. The third kappa shape index (κ3) is 3.35. The predicted octanol–water partition coefficient (Wildman–Crippen LogP) is 0.605. The maximum Gasteiger partial charge on any atom is 0.0297 e. The van der Waals surface area contributed by atoms with Crippen LogP contribution in [0.4, 0.5) is 0 Å². The normalized spacial score (nSPS) is 11.9. The summed E-state index contributed by atoms with van der Waals surface area (Å²) in [4.78, 5) is 0. The van der Waals surface area contributed by atoms with Gasteiger partial charge in [-0.25, -0.2) is 0 Å². The van der Waals surface area contributed by atoms with E-state index in [1.807, 2.05) is 13.8 Å². The van der Waals surface area contributed by atoms with Crippen LogP contribution in [0.15, 0.2) is 0 Å². The minimum atomic E-state index is 0.366. The molecule has 7 heavy (non-hydrogen) atoms. The summed E-state index contributed by atoms with van der Waals surface area (Å²) >= 11 is 0. The Bertz CT molecular complexity index is 86.1. The lowest BCUT2D eigenvalue weighted by atomic mass is 10.2. The first-order valence-electron chi connectivity index (χ1n) is 2.43. The maximum atomic E-state index is 5.26. The first kappa shape index (κ1) is 6.52. The van der Waals surface area contributed by atoms with Crippen molar-refractivity contribution < 1.29 is 0 Å². The molecule has 0 heterocycles. The van der Waals surface area contributed by atoms with Crippen molar-refractivity contribution in [3.63, 3.8) is 0 Å². The molecule has 0 amide bonds. The van der Waals surface area contributed by atoms with Crippen LogP contribution in [0, 0.1) is 17.8 Å². The van der Waals surface area contributed by atoms with Gasteiger partial charge >= 0.3 is 0 Å². The largest absolute Gasteiger partial charge is 0.329 e. The predicted molar refractivity (Wildman–Crippen MR) is 31.7 cm³/mol. The summed E-state index contributed by atoms with van der Waals surface area (Å²) < 4.78 is 0. The van der Waals surface area contributed by atoms with Crippen molar-refractivity contribution in [2.24, 2.45) is 11.7 Å². The van der Waals surface area contributed by atoms with Gasteiger partial charge in [-0.1, -0.05) is 12.8 Å². The Kier molecular flexibility index (Phi) is 3.45. The first-order chi connectivity index (χ1) is 3.31. The lowest BCUT2D eigenvalue weighted by molar-refractivity contribution is 0.766. The minimum Gasteiger partial charge on any atom is -0.329 e. The van der Waals surface area contributed by atoms with Gasteiger partial charge in [0.1, 0.15) is 0 Å². The van der Waals surface area contributed by atoms with Crippen LogP contribution >= 0.6 is 0 Å². The highest BCUT2D eigenvalue weighted by atomic mass is 14.5. The maximum absolute atomic E-state index is 5.26. The smallest absolute Gasteiger partial charge is 0.0297 e. The van der Waals surface area contributed by atoms with Crippen molar-refractivity contribution in [2.45, 2.75) is 13.8 Å². The average molecular weight is 97.2 g/mol. The minimum absolute atomic E-state index is 0.366. The number of hydrogen-bond acceptors (Lipinski definition) is 1. The van der Waals surface area contributed by atoms with Crippen LogP contribution in [0.3, 0.4) is 0 Å². The van der Waals surface area contributed by atoms with Crippen molar-refractivity contribution in [2.75, 3.05) is 6.54 Å². The number of rotatable bonds is 1. The van der Waals surface area contributed by atoms with Gasteiger partial charge in [0.2, 0.25) is 0 Å². The molecule has 0 aromatic rings. The third-order valence-corrected chi connectivity index (χ3v) is 0.744. The van der Waals surface area contributed by atoms with Gasteiger partial charge in [-0.05, 0) is 6.92 Å². The molecular weight excluding hydrogens is 86.1 g/mol. The van der Waals surface area contributed by atoms with Gasteiger partial charge in [-0.15, -0.1) is 5.92 Å². The topological polar surface area (TPSA) is 26.0 Å². The van der Waals surface area contributed by atoms with E-state index in [1.165, 1.54) is 0 Å². The summed E-state index contributed by atoms with van der Waals surface area (Å²) in [6, 6.07) is 0. The number of nitrogens with two attached hydrogens (primary N) is 1. The number of hydrogen-bond donors (Lipinski definition) is 1. The molecule has 0 bridgehead atoms. The van der Waals surface area contributed by atoms with E-state index in [4.69, 9.17) is 5.73 Å². The van der Waals surface area contributed by atoms with Crippen molar-refractivity contribution >= 4 is 0 Å².